The normalized spacial score (nSPS) is 17.2. The number of aryl methyl sites for hydroxylation is 1. The first-order valence-corrected chi connectivity index (χ1v) is 8.61. The molecule has 5 nitrogen and oxygen atoms in total. The van der Waals surface area contributed by atoms with Crippen LogP contribution >= 0.6 is 0 Å². The summed E-state index contributed by atoms with van der Waals surface area (Å²) in [5.41, 5.74) is 3.59. The molecule has 1 saturated heterocycles. The second-order valence-electron chi connectivity index (χ2n) is 6.64. The molecule has 1 aliphatic rings. The molecule has 0 spiro atoms. The van der Waals surface area contributed by atoms with Crippen molar-refractivity contribution >= 4 is 16.8 Å². The first-order chi connectivity index (χ1) is 12.2. The highest BCUT2D eigenvalue weighted by molar-refractivity contribution is 5.92. The van der Waals surface area contributed by atoms with Crippen LogP contribution in [0.4, 0.5) is 0 Å². The lowest BCUT2D eigenvalue weighted by molar-refractivity contribution is 0.0781. The minimum absolute atomic E-state index is 0.0189. The van der Waals surface area contributed by atoms with Gasteiger partial charge in [-0.15, -0.1) is 0 Å². The first kappa shape index (κ1) is 15.7. The Balaban J connectivity index is 1.47. The molecule has 0 bridgehead atoms. The van der Waals surface area contributed by atoms with Crippen LogP contribution in [0.2, 0.25) is 0 Å². The Kier molecular flexibility index (Phi) is 4.14. The predicted octanol–water partition coefficient (Wildman–Crippen LogP) is 3.04. The van der Waals surface area contributed by atoms with Crippen LogP contribution in [0.1, 0.15) is 28.2 Å². The number of fused-ring (bicyclic) bond motifs is 1. The third kappa shape index (κ3) is 3.22. The molecular weight excluding hydrogens is 312 g/mol. The molecule has 0 unspecified atom stereocenters. The zero-order chi connectivity index (χ0) is 17.2. The van der Waals surface area contributed by atoms with Crippen LogP contribution in [-0.2, 0) is 6.42 Å². The van der Waals surface area contributed by atoms with Gasteiger partial charge in [0.2, 0.25) is 0 Å². The standard InChI is InChI=1S/C20H20N4O/c1-14-11-23-19(12-22-14)20(25)24-9-7-15(13-24)10-16-6-8-21-18-5-3-2-4-17(16)18/h2-6,8,11-12,15H,7,9-10,13H2,1H3/t15-/m0/s1. The molecule has 2 aromatic heterocycles. The van der Waals surface area contributed by atoms with Crippen LogP contribution in [0, 0.1) is 12.8 Å². The lowest BCUT2D eigenvalue weighted by Crippen LogP contribution is -2.29. The van der Waals surface area contributed by atoms with Gasteiger partial charge in [0.05, 0.1) is 17.4 Å². The minimum Gasteiger partial charge on any atom is -0.337 e. The fraction of sp³-hybridized carbons (Fsp3) is 0.300. The van der Waals surface area contributed by atoms with Crippen LogP contribution in [0.25, 0.3) is 10.9 Å². The van der Waals surface area contributed by atoms with Crippen molar-refractivity contribution in [2.24, 2.45) is 5.92 Å². The number of hydrogen-bond donors (Lipinski definition) is 0. The molecular formula is C20H20N4O. The van der Waals surface area contributed by atoms with Gasteiger partial charge in [-0.25, -0.2) is 4.98 Å². The smallest absolute Gasteiger partial charge is 0.274 e. The molecule has 126 valence electrons. The molecule has 1 aliphatic heterocycles. The predicted molar refractivity (Wildman–Crippen MR) is 96.2 cm³/mol. The summed E-state index contributed by atoms with van der Waals surface area (Å²) in [6.45, 7) is 3.42. The summed E-state index contributed by atoms with van der Waals surface area (Å²) in [6, 6.07) is 10.3. The van der Waals surface area contributed by atoms with E-state index in [0.29, 0.717) is 11.6 Å². The summed E-state index contributed by atoms with van der Waals surface area (Å²) >= 11 is 0. The van der Waals surface area contributed by atoms with Crippen LogP contribution < -0.4 is 0 Å². The molecule has 1 fully saturated rings. The molecule has 0 N–H and O–H groups in total. The van der Waals surface area contributed by atoms with E-state index >= 15 is 0 Å². The van der Waals surface area contributed by atoms with E-state index in [-0.39, 0.29) is 5.91 Å². The molecule has 0 aliphatic carbocycles. The van der Waals surface area contributed by atoms with Crippen LogP contribution in [0.5, 0.6) is 0 Å². The van der Waals surface area contributed by atoms with Crippen molar-refractivity contribution in [3.63, 3.8) is 0 Å². The van der Waals surface area contributed by atoms with Crippen molar-refractivity contribution in [1.82, 2.24) is 19.9 Å². The van der Waals surface area contributed by atoms with Crippen molar-refractivity contribution in [1.29, 1.82) is 0 Å². The van der Waals surface area contributed by atoms with Gasteiger partial charge < -0.3 is 4.90 Å². The lowest BCUT2D eigenvalue weighted by atomic mass is 9.96. The zero-order valence-electron chi connectivity index (χ0n) is 14.2. The molecule has 1 atom stereocenters. The summed E-state index contributed by atoms with van der Waals surface area (Å²) in [7, 11) is 0. The average Bonchev–Trinajstić information content (AvgIpc) is 3.11. The molecule has 0 saturated carbocycles. The van der Waals surface area contributed by atoms with Gasteiger partial charge in [-0.2, -0.15) is 0 Å². The number of carbonyl (C=O) groups is 1. The third-order valence-electron chi connectivity index (χ3n) is 4.82. The van der Waals surface area contributed by atoms with Crippen LogP contribution in [-0.4, -0.2) is 38.8 Å². The second kappa shape index (κ2) is 6.59. The van der Waals surface area contributed by atoms with Gasteiger partial charge in [0.15, 0.2) is 0 Å². The Morgan fingerprint density at radius 1 is 1.16 bits per heavy atom. The number of carbonyl (C=O) groups excluding carboxylic acids is 1. The third-order valence-corrected chi connectivity index (χ3v) is 4.82. The monoisotopic (exact) mass is 332 g/mol. The quantitative estimate of drug-likeness (QED) is 0.740. The van der Waals surface area contributed by atoms with Gasteiger partial charge in [-0.3, -0.25) is 14.8 Å². The maximum Gasteiger partial charge on any atom is 0.274 e. The Bertz CT molecular complexity index is 902. The summed E-state index contributed by atoms with van der Waals surface area (Å²) in [5, 5.41) is 1.21. The maximum absolute atomic E-state index is 12.6. The van der Waals surface area contributed by atoms with Crippen molar-refractivity contribution in [2.75, 3.05) is 13.1 Å². The first-order valence-electron chi connectivity index (χ1n) is 8.61. The van der Waals surface area contributed by atoms with Crippen molar-refractivity contribution in [2.45, 2.75) is 19.8 Å². The van der Waals surface area contributed by atoms with E-state index in [1.54, 1.807) is 12.4 Å². The van der Waals surface area contributed by atoms with E-state index in [1.165, 1.54) is 10.9 Å². The van der Waals surface area contributed by atoms with Gasteiger partial charge in [-0.05, 0) is 43.4 Å². The number of amides is 1. The number of para-hydroxylation sites is 1. The number of rotatable bonds is 3. The highest BCUT2D eigenvalue weighted by Crippen LogP contribution is 2.25. The van der Waals surface area contributed by atoms with E-state index in [0.717, 1.165) is 37.1 Å². The maximum atomic E-state index is 12.6. The van der Waals surface area contributed by atoms with Crippen LogP contribution in [0.15, 0.2) is 48.9 Å². The summed E-state index contributed by atoms with van der Waals surface area (Å²) in [4.78, 5) is 27.3. The average molecular weight is 332 g/mol. The van der Waals surface area contributed by atoms with Crippen molar-refractivity contribution < 1.29 is 4.79 Å². The SMILES string of the molecule is Cc1cnc(C(=O)N2CC[C@@H](Cc3ccnc4ccccc34)C2)cn1. The number of nitrogens with zero attached hydrogens (tertiary/aromatic N) is 4. The summed E-state index contributed by atoms with van der Waals surface area (Å²) in [5.74, 6) is 0.447. The number of benzene rings is 1. The Hall–Kier alpha value is -2.82. The van der Waals surface area contributed by atoms with Gasteiger partial charge in [0.1, 0.15) is 5.69 Å². The van der Waals surface area contributed by atoms with Gasteiger partial charge in [-0.1, -0.05) is 18.2 Å². The number of aromatic nitrogens is 3. The van der Waals surface area contributed by atoms with Crippen LogP contribution in [0.3, 0.4) is 0 Å². The fourth-order valence-corrected chi connectivity index (χ4v) is 3.49. The van der Waals surface area contributed by atoms with E-state index in [9.17, 15) is 4.79 Å². The van der Waals surface area contributed by atoms with E-state index in [4.69, 9.17) is 0 Å². The van der Waals surface area contributed by atoms with Crippen molar-refractivity contribution in [3.8, 4) is 0 Å². The van der Waals surface area contributed by atoms with Gasteiger partial charge >= 0.3 is 0 Å². The Labute approximate surface area is 146 Å². The van der Waals surface area contributed by atoms with Crippen molar-refractivity contribution in [3.05, 3.63) is 65.9 Å². The number of hydrogen-bond acceptors (Lipinski definition) is 4. The zero-order valence-corrected chi connectivity index (χ0v) is 14.2. The molecule has 25 heavy (non-hydrogen) atoms. The number of likely N-dealkylation sites (tertiary alicyclic amines) is 1. The molecule has 0 radical (unpaired) electrons. The minimum atomic E-state index is -0.0189. The topological polar surface area (TPSA) is 59.0 Å². The van der Waals surface area contributed by atoms with E-state index in [1.807, 2.05) is 36.2 Å². The molecule has 3 aromatic rings. The Morgan fingerprint density at radius 2 is 2.04 bits per heavy atom. The van der Waals surface area contributed by atoms with Gasteiger partial charge in [0.25, 0.3) is 5.91 Å². The van der Waals surface area contributed by atoms with Gasteiger partial charge in [0, 0.05) is 30.9 Å². The summed E-state index contributed by atoms with van der Waals surface area (Å²) in [6.07, 6.45) is 7.07. The highest BCUT2D eigenvalue weighted by Gasteiger charge is 2.28. The molecule has 5 heteroatoms. The molecule has 1 amide bonds. The molecule has 1 aromatic carbocycles. The fourth-order valence-electron chi connectivity index (χ4n) is 3.49. The lowest BCUT2D eigenvalue weighted by Gasteiger charge is -2.16. The summed E-state index contributed by atoms with van der Waals surface area (Å²) < 4.78 is 0. The molecule has 4 rings (SSSR count). The Morgan fingerprint density at radius 3 is 2.88 bits per heavy atom. The van der Waals surface area contributed by atoms with E-state index < -0.39 is 0 Å². The van der Waals surface area contributed by atoms with E-state index in [2.05, 4.69) is 27.1 Å². The largest absolute Gasteiger partial charge is 0.337 e. The highest BCUT2D eigenvalue weighted by atomic mass is 16.2. The second-order valence-corrected chi connectivity index (χ2v) is 6.64. The number of pyridine rings is 1. The molecule has 3 heterocycles.